The number of amides is 1. The molecule has 5 heteroatoms. The molecule has 0 aliphatic heterocycles. The van der Waals surface area contributed by atoms with E-state index in [1.807, 2.05) is 64.3 Å². The molecule has 0 saturated carbocycles. The van der Waals surface area contributed by atoms with Gasteiger partial charge in [0, 0.05) is 13.1 Å². The van der Waals surface area contributed by atoms with Crippen LogP contribution in [0.4, 0.5) is 0 Å². The van der Waals surface area contributed by atoms with Crippen LogP contribution < -0.4 is 5.32 Å². The Morgan fingerprint density at radius 1 is 1.04 bits per heavy atom. The van der Waals surface area contributed by atoms with Crippen molar-refractivity contribution in [1.82, 2.24) is 20.0 Å². The number of nitrogens with one attached hydrogen (secondary N) is 1. The van der Waals surface area contributed by atoms with Gasteiger partial charge < -0.3 is 10.2 Å². The van der Waals surface area contributed by atoms with Crippen molar-refractivity contribution >= 4 is 5.91 Å². The fraction of sp³-hybridized carbons (Fsp3) is 0.273. The van der Waals surface area contributed by atoms with Gasteiger partial charge in [0.2, 0.25) is 0 Å². The van der Waals surface area contributed by atoms with Gasteiger partial charge >= 0.3 is 0 Å². The minimum atomic E-state index is -0.106. The molecule has 0 aliphatic rings. The normalized spacial score (nSPS) is 11.0. The van der Waals surface area contributed by atoms with E-state index in [2.05, 4.69) is 27.4 Å². The first kappa shape index (κ1) is 18.9. The van der Waals surface area contributed by atoms with Crippen molar-refractivity contribution in [3.63, 3.8) is 0 Å². The number of hydrogen-bond acceptors (Lipinski definition) is 3. The Labute approximate surface area is 160 Å². The van der Waals surface area contributed by atoms with Gasteiger partial charge in [-0.05, 0) is 51.2 Å². The molecule has 5 nitrogen and oxygen atoms in total. The molecule has 0 spiro atoms. The second-order valence-electron chi connectivity index (χ2n) is 7.08. The van der Waals surface area contributed by atoms with Crippen LogP contribution in [-0.4, -0.2) is 34.7 Å². The van der Waals surface area contributed by atoms with Crippen LogP contribution in [0.15, 0.2) is 54.7 Å². The third kappa shape index (κ3) is 4.44. The van der Waals surface area contributed by atoms with Crippen LogP contribution >= 0.6 is 0 Å². The first-order valence-corrected chi connectivity index (χ1v) is 9.07. The fourth-order valence-corrected chi connectivity index (χ4v) is 3.07. The Bertz CT molecular complexity index is 926. The average molecular weight is 362 g/mol. The third-order valence-electron chi connectivity index (χ3n) is 4.58. The number of aromatic nitrogens is 2. The lowest BCUT2D eigenvalue weighted by Crippen LogP contribution is -2.24. The van der Waals surface area contributed by atoms with Crippen LogP contribution in [0, 0.1) is 13.8 Å². The molecule has 3 rings (SSSR count). The van der Waals surface area contributed by atoms with Crippen LogP contribution in [-0.2, 0) is 13.1 Å². The van der Waals surface area contributed by atoms with E-state index in [1.165, 1.54) is 11.1 Å². The molecule has 0 unspecified atom stereocenters. The topological polar surface area (TPSA) is 50.2 Å². The summed E-state index contributed by atoms with van der Waals surface area (Å²) in [5.74, 6) is -0.106. The molecule has 0 bridgehead atoms. The van der Waals surface area contributed by atoms with E-state index in [0.29, 0.717) is 12.1 Å². The molecular weight excluding hydrogens is 336 g/mol. The van der Waals surface area contributed by atoms with Gasteiger partial charge in [-0.3, -0.25) is 4.79 Å². The van der Waals surface area contributed by atoms with Crippen LogP contribution in [0.25, 0.3) is 5.69 Å². The summed E-state index contributed by atoms with van der Waals surface area (Å²) < 4.78 is 1.80. The zero-order valence-electron chi connectivity index (χ0n) is 16.4. The minimum Gasteiger partial charge on any atom is -0.348 e. The first-order valence-electron chi connectivity index (χ1n) is 9.07. The third-order valence-corrected chi connectivity index (χ3v) is 4.58. The predicted octanol–water partition coefficient (Wildman–Crippen LogP) is 3.48. The number of nitrogens with zero attached hydrogens (tertiary/aromatic N) is 3. The highest BCUT2D eigenvalue weighted by Crippen LogP contribution is 2.16. The minimum absolute atomic E-state index is 0.106. The standard InChI is InChI=1S/C22H26N4O/c1-16-9-11-20(12-10-16)26-17(2)21(14-24-26)22(27)23-13-18-7-5-6-8-19(18)15-25(3)4/h5-12,14H,13,15H2,1-4H3,(H,23,27). The summed E-state index contributed by atoms with van der Waals surface area (Å²) in [5, 5.41) is 7.43. The van der Waals surface area contributed by atoms with Gasteiger partial charge in [-0.2, -0.15) is 5.10 Å². The van der Waals surface area contributed by atoms with E-state index in [1.54, 1.807) is 10.9 Å². The molecule has 1 N–H and O–H groups in total. The van der Waals surface area contributed by atoms with Crippen molar-refractivity contribution in [1.29, 1.82) is 0 Å². The van der Waals surface area contributed by atoms with E-state index in [-0.39, 0.29) is 5.91 Å². The highest BCUT2D eigenvalue weighted by atomic mass is 16.1. The summed E-state index contributed by atoms with van der Waals surface area (Å²) in [4.78, 5) is 14.8. The Kier molecular flexibility index (Phi) is 5.72. The van der Waals surface area contributed by atoms with E-state index in [4.69, 9.17) is 0 Å². The molecule has 1 aromatic heterocycles. The zero-order chi connectivity index (χ0) is 19.4. The Hall–Kier alpha value is -2.92. The number of rotatable bonds is 6. The molecule has 140 valence electrons. The Morgan fingerprint density at radius 3 is 2.37 bits per heavy atom. The van der Waals surface area contributed by atoms with Crippen molar-refractivity contribution < 1.29 is 4.79 Å². The molecule has 0 fully saturated rings. The number of carbonyl (C=O) groups excluding carboxylic acids is 1. The van der Waals surface area contributed by atoms with Gasteiger partial charge in [0.25, 0.3) is 5.91 Å². The molecule has 0 atom stereocenters. The highest BCUT2D eigenvalue weighted by Gasteiger charge is 2.15. The monoisotopic (exact) mass is 362 g/mol. The lowest BCUT2D eigenvalue weighted by Gasteiger charge is -2.14. The van der Waals surface area contributed by atoms with E-state index < -0.39 is 0 Å². The number of carbonyl (C=O) groups is 1. The molecule has 0 aliphatic carbocycles. The number of aryl methyl sites for hydroxylation is 1. The van der Waals surface area contributed by atoms with Gasteiger partial charge in [-0.1, -0.05) is 42.0 Å². The fourth-order valence-electron chi connectivity index (χ4n) is 3.07. The number of hydrogen-bond donors (Lipinski definition) is 1. The van der Waals surface area contributed by atoms with Crippen molar-refractivity contribution in [3.8, 4) is 5.69 Å². The van der Waals surface area contributed by atoms with E-state index >= 15 is 0 Å². The summed E-state index contributed by atoms with van der Waals surface area (Å²) in [7, 11) is 4.08. The second kappa shape index (κ2) is 8.18. The average Bonchev–Trinajstić information content (AvgIpc) is 3.02. The highest BCUT2D eigenvalue weighted by molar-refractivity contribution is 5.95. The van der Waals surface area contributed by atoms with Crippen molar-refractivity contribution in [2.75, 3.05) is 14.1 Å². The lowest BCUT2D eigenvalue weighted by molar-refractivity contribution is 0.0950. The smallest absolute Gasteiger partial charge is 0.255 e. The van der Waals surface area contributed by atoms with Gasteiger partial charge in [0.1, 0.15) is 0 Å². The molecular formula is C22H26N4O. The van der Waals surface area contributed by atoms with Crippen LogP contribution in [0.2, 0.25) is 0 Å². The van der Waals surface area contributed by atoms with Gasteiger partial charge in [-0.25, -0.2) is 4.68 Å². The van der Waals surface area contributed by atoms with Crippen molar-refractivity contribution in [2.45, 2.75) is 26.9 Å². The summed E-state index contributed by atoms with van der Waals surface area (Å²) in [5.41, 5.74) is 5.92. The SMILES string of the molecule is Cc1ccc(-n2ncc(C(=O)NCc3ccccc3CN(C)C)c2C)cc1. The number of benzene rings is 2. The van der Waals surface area contributed by atoms with Gasteiger partial charge in [0.05, 0.1) is 23.1 Å². The summed E-state index contributed by atoms with van der Waals surface area (Å²) >= 11 is 0. The maximum Gasteiger partial charge on any atom is 0.255 e. The Balaban J connectivity index is 1.74. The lowest BCUT2D eigenvalue weighted by atomic mass is 10.1. The zero-order valence-corrected chi connectivity index (χ0v) is 16.4. The molecule has 0 radical (unpaired) electrons. The summed E-state index contributed by atoms with van der Waals surface area (Å²) in [6.45, 7) is 5.31. The van der Waals surface area contributed by atoms with Crippen LogP contribution in [0.3, 0.4) is 0 Å². The van der Waals surface area contributed by atoms with Crippen molar-refractivity contribution in [2.24, 2.45) is 0 Å². The maximum absolute atomic E-state index is 12.7. The largest absolute Gasteiger partial charge is 0.348 e. The molecule has 2 aromatic carbocycles. The van der Waals surface area contributed by atoms with E-state index in [0.717, 1.165) is 23.5 Å². The van der Waals surface area contributed by atoms with Crippen LogP contribution in [0.1, 0.15) is 32.7 Å². The summed E-state index contributed by atoms with van der Waals surface area (Å²) in [6.07, 6.45) is 1.64. The molecule has 1 amide bonds. The van der Waals surface area contributed by atoms with Gasteiger partial charge in [-0.15, -0.1) is 0 Å². The maximum atomic E-state index is 12.7. The molecule has 27 heavy (non-hydrogen) atoms. The Morgan fingerprint density at radius 2 is 1.70 bits per heavy atom. The van der Waals surface area contributed by atoms with Gasteiger partial charge in [0.15, 0.2) is 0 Å². The second-order valence-corrected chi connectivity index (χ2v) is 7.08. The predicted molar refractivity (Wildman–Crippen MR) is 108 cm³/mol. The van der Waals surface area contributed by atoms with E-state index in [9.17, 15) is 4.79 Å². The van der Waals surface area contributed by atoms with Crippen LogP contribution in [0.5, 0.6) is 0 Å². The molecule has 3 aromatic rings. The molecule has 0 saturated heterocycles. The van der Waals surface area contributed by atoms with Crippen molar-refractivity contribution in [3.05, 3.63) is 82.7 Å². The summed E-state index contributed by atoms with van der Waals surface area (Å²) in [6, 6.07) is 16.3. The first-order chi connectivity index (χ1) is 13.0. The molecule has 1 heterocycles. The quantitative estimate of drug-likeness (QED) is 0.730.